The van der Waals surface area contributed by atoms with Gasteiger partial charge in [-0.2, -0.15) is 5.10 Å². The summed E-state index contributed by atoms with van der Waals surface area (Å²) in [7, 11) is 0. The van der Waals surface area contributed by atoms with E-state index in [0.717, 1.165) is 22.1 Å². The highest BCUT2D eigenvalue weighted by Gasteiger charge is 2.35. The minimum atomic E-state index is -0.240. The minimum absolute atomic E-state index is 0.0985. The second-order valence-corrected chi connectivity index (χ2v) is 9.46. The molecular weight excluding hydrogens is 485 g/mol. The van der Waals surface area contributed by atoms with Crippen LogP contribution in [0.1, 0.15) is 61.5 Å². The first kappa shape index (κ1) is 21.1. The molecule has 148 valence electrons. The fraction of sp³-hybridized carbons (Fsp3) is 0.364. The number of amides is 1. The summed E-state index contributed by atoms with van der Waals surface area (Å²) in [6.45, 7) is 9.91. The lowest BCUT2D eigenvalue weighted by Crippen LogP contribution is -2.48. The smallest absolute Gasteiger partial charge is 0.271 e. The van der Waals surface area contributed by atoms with Gasteiger partial charge in [-0.25, -0.2) is 5.43 Å². The Morgan fingerprint density at radius 1 is 1.39 bits per heavy atom. The van der Waals surface area contributed by atoms with Crippen molar-refractivity contribution in [1.82, 2.24) is 5.43 Å². The summed E-state index contributed by atoms with van der Waals surface area (Å²) >= 11 is 8.72. The van der Waals surface area contributed by atoms with Gasteiger partial charge in [0.2, 0.25) is 0 Å². The third-order valence-electron chi connectivity index (χ3n) is 5.28. The topological polar surface area (TPSA) is 44.7 Å². The zero-order chi connectivity index (χ0) is 20.5. The summed E-state index contributed by atoms with van der Waals surface area (Å²) in [6, 6.07) is 11.5. The van der Waals surface area contributed by atoms with E-state index in [1.165, 1.54) is 11.3 Å². The molecule has 0 radical (unpaired) electrons. The largest absolute Gasteiger partial charge is 0.366 e. The Balaban J connectivity index is 1.83. The van der Waals surface area contributed by atoms with Gasteiger partial charge in [0, 0.05) is 32.5 Å². The molecule has 0 saturated heterocycles. The molecule has 2 aromatic rings. The van der Waals surface area contributed by atoms with Crippen LogP contribution in [-0.4, -0.2) is 24.2 Å². The molecule has 0 bridgehead atoms. The van der Waals surface area contributed by atoms with Crippen LogP contribution in [0.5, 0.6) is 0 Å². The van der Waals surface area contributed by atoms with Crippen LogP contribution < -0.4 is 10.3 Å². The molecule has 0 fully saturated rings. The number of benzene rings is 2. The molecule has 0 spiro atoms. The number of hydrogen-bond acceptors (Lipinski definition) is 3. The Bertz CT molecular complexity index is 926. The number of carbonyl (C=O) groups is 1. The lowest BCUT2D eigenvalue weighted by molar-refractivity contribution is 0.0955. The maximum absolute atomic E-state index is 12.2. The first-order chi connectivity index (χ1) is 13.2. The zero-order valence-corrected chi connectivity index (χ0v) is 19.5. The van der Waals surface area contributed by atoms with Gasteiger partial charge in [0.25, 0.3) is 5.91 Å². The normalized spacial score (nSPS) is 18.2. The van der Waals surface area contributed by atoms with E-state index in [-0.39, 0.29) is 11.4 Å². The van der Waals surface area contributed by atoms with Gasteiger partial charge in [0.1, 0.15) is 0 Å². The van der Waals surface area contributed by atoms with Crippen molar-refractivity contribution >= 4 is 52.0 Å². The summed E-state index contributed by atoms with van der Waals surface area (Å²) in [6.07, 6.45) is 2.70. The van der Waals surface area contributed by atoms with Gasteiger partial charge in [-0.05, 0) is 91.6 Å². The summed E-state index contributed by atoms with van der Waals surface area (Å²) < 4.78 is 1.00. The van der Waals surface area contributed by atoms with Crippen molar-refractivity contribution < 1.29 is 4.79 Å². The van der Waals surface area contributed by atoms with Gasteiger partial charge in [0.15, 0.2) is 0 Å². The molecule has 3 rings (SSSR count). The highest BCUT2D eigenvalue weighted by molar-refractivity contribution is 14.1. The molecule has 1 atom stereocenters. The fourth-order valence-electron chi connectivity index (χ4n) is 4.07. The van der Waals surface area contributed by atoms with Crippen molar-refractivity contribution in [2.24, 2.45) is 5.10 Å². The predicted octanol–water partition coefficient (Wildman–Crippen LogP) is 5.82. The zero-order valence-electron chi connectivity index (χ0n) is 16.6. The van der Waals surface area contributed by atoms with Gasteiger partial charge < -0.3 is 4.90 Å². The van der Waals surface area contributed by atoms with Gasteiger partial charge in [-0.1, -0.05) is 24.6 Å². The highest BCUT2D eigenvalue weighted by atomic mass is 127. The van der Waals surface area contributed by atoms with Crippen LogP contribution in [0.2, 0.25) is 5.02 Å². The van der Waals surface area contributed by atoms with E-state index in [2.05, 4.69) is 71.8 Å². The lowest BCUT2D eigenvalue weighted by Gasteiger charge is -2.47. The minimum Gasteiger partial charge on any atom is -0.366 e. The summed E-state index contributed by atoms with van der Waals surface area (Å²) in [5.74, 6) is 0.189. The van der Waals surface area contributed by atoms with Gasteiger partial charge in [-0.15, -0.1) is 0 Å². The molecule has 1 heterocycles. The molecule has 4 nitrogen and oxygen atoms in total. The van der Waals surface area contributed by atoms with E-state index < -0.39 is 0 Å². The van der Waals surface area contributed by atoms with E-state index >= 15 is 0 Å². The SMILES string of the molecule is CCN1c2cc(Cl)c(/C=N\NC(=O)c3cccc(I)c3)cc2C(C)CC1(C)C. The molecule has 28 heavy (non-hydrogen) atoms. The van der Waals surface area contributed by atoms with E-state index in [1.54, 1.807) is 12.3 Å². The van der Waals surface area contributed by atoms with Crippen LogP contribution >= 0.6 is 34.2 Å². The maximum atomic E-state index is 12.2. The summed E-state index contributed by atoms with van der Waals surface area (Å²) in [5.41, 5.74) is 6.54. The molecule has 1 aliphatic rings. The van der Waals surface area contributed by atoms with E-state index in [4.69, 9.17) is 11.6 Å². The fourth-order valence-corrected chi connectivity index (χ4v) is 4.82. The Hall–Kier alpha value is -1.60. The Labute approximate surface area is 185 Å². The molecule has 0 aromatic heterocycles. The number of carbonyl (C=O) groups excluding carboxylic acids is 1. The number of hydrogen-bond donors (Lipinski definition) is 1. The van der Waals surface area contributed by atoms with Crippen LogP contribution in [0.25, 0.3) is 0 Å². The lowest BCUT2D eigenvalue weighted by atomic mass is 9.79. The summed E-state index contributed by atoms with van der Waals surface area (Å²) in [5, 5.41) is 4.76. The molecule has 1 N–H and O–H groups in total. The maximum Gasteiger partial charge on any atom is 0.271 e. The van der Waals surface area contributed by atoms with Gasteiger partial charge >= 0.3 is 0 Å². The van der Waals surface area contributed by atoms with E-state index in [0.29, 0.717) is 16.5 Å². The van der Waals surface area contributed by atoms with Gasteiger partial charge in [-0.3, -0.25) is 4.79 Å². The third kappa shape index (κ3) is 4.35. The third-order valence-corrected chi connectivity index (χ3v) is 6.28. The average Bonchev–Trinajstić information content (AvgIpc) is 2.62. The quantitative estimate of drug-likeness (QED) is 0.321. The van der Waals surface area contributed by atoms with Crippen LogP contribution in [-0.2, 0) is 0 Å². The van der Waals surface area contributed by atoms with Crippen molar-refractivity contribution in [3.63, 3.8) is 0 Å². The molecule has 2 aromatic carbocycles. The van der Waals surface area contributed by atoms with Crippen LogP contribution in [0.3, 0.4) is 0 Å². The van der Waals surface area contributed by atoms with Crippen molar-refractivity contribution in [3.8, 4) is 0 Å². The van der Waals surface area contributed by atoms with Crippen molar-refractivity contribution in [1.29, 1.82) is 0 Å². The standard InChI is InChI=1S/C22H25ClIN3O/c1-5-27-20-11-19(23)16(10-18(20)14(2)12-22(27,3)4)13-25-26-21(28)15-7-6-8-17(24)9-15/h6-11,13-14H,5,12H2,1-4H3,(H,26,28)/b25-13-. The highest BCUT2D eigenvalue weighted by Crippen LogP contribution is 2.44. The molecule has 0 saturated carbocycles. The van der Waals surface area contributed by atoms with Gasteiger partial charge in [0.05, 0.1) is 11.2 Å². The number of nitrogens with zero attached hydrogens (tertiary/aromatic N) is 2. The second kappa shape index (κ2) is 8.41. The predicted molar refractivity (Wildman–Crippen MR) is 126 cm³/mol. The van der Waals surface area contributed by atoms with E-state index in [9.17, 15) is 4.79 Å². The Morgan fingerprint density at radius 3 is 2.82 bits per heavy atom. The van der Waals surface area contributed by atoms with Crippen molar-refractivity contribution in [3.05, 3.63) is 61.7 Å². The van der Waals surface area contributed by atoms with E-state index in [1.807, 2.05) is 24.3 Å². The first-order valence-corrected chi connectivity index (χ1v) is 10.9. The Kier molecular flexibility index (Phi) is 6.34. The molecule has 0 aliphatic carbocycles. The average molecular weight is 510 g/mol. The number of rotatable bonds is 4. The second-order valence-electron chi connectivity index (χ2n) is 7.80. The number of halogens is 2. The summed E-state index contributed by atoms with van der Waals surface area (Å²) in [4.78, 5) is 14.7. The number of fused-ring (bicyclic) bond motifs is 1. The van der Waals surface area contributed by atoms with Crippen LogP contribution in [0.4, 0.5) is 5.69 Å². The molecule has 1 unspecified atom stereocenters. The first-order valence-electron chi connectivity index (χ1n) is 9.43. The van der Waals surface area contributed by atoms with Crippen molar-refractivity contribution in [2.75, 3.05) is 11.4 Å². The molecular formula is C22H25ClIN3O. The van der Waals surface area contributed by atoms with Crippen LogP contribution in [0, 0.1) is 3.57 Å². The van der Waals surface area contributed by atoms with Crippen molar-refractivity contribution in [2.45, 2.75) is 45.6 Å². The Morgan fingerprint density at radius 2 is 2.14 bits per heavy atom. The molecule has 1 aliphatic heterocycles. The number of nitrogens with one attached hydrogen (secondary N) is 1. The molecule has 6 heteroatoms. The number of anilines is 1. The monoisotopic (exact) mass is 509 g/mol. The number of hydrazone groups is 1. The van der Waals surface area contributed by atoms with Crippen LogP contribution in [0.15, 0.2) is 41.5 Å². The molecule has 1 amide bonds.